The van der Waals surface area contributed by atoms with Crippen molar-refractivity contribution < 1.29 is 9.47 Å². The third-order valence-corrected chi connectivity index (χ3v) is 4.04. The summed E-state index contributed by atoms with van der Waals surface area (Å²) in [7, 11) is 5.36. The number of aromatic nitrogens is 1. The van der Waals surface area contributed by atoms with Crippen molar-refractivity contribution in [2.24, 2.45) is 5.73 Å². The van der Waals surface area contributed by atoms with Crippen molar-refractivity contribution in [2.75, 3.05) is 27.8 Å². The van der Waals surface area contributed by atoms with Gasteiger partial charge >= 0.3 is 0 Å². The molecule has 0 aliphatic carbocycles. The van der Waals surface area contributed by atoms with Crippen molar-refractivity contribution in [3.05, 3.63) is 16.1 Å². The molecule has 0 radical (unpaired) electrons. The first-order valence-electron chi connectivity index (χ1n) is 5.97. The van der Waals surface area contributed by atoms with Crippen LogP contribution in [0.5, 0.6) is 0 Å². The van der Waals surface area contributed by atoms with E-state index < -0.39 is 0 Å². The standard InChI is InChI=1S/C12H23N3O2S/c1-9-11(18-8-14-9)7-15(2)10(6-13)5-12(16-3)17-4/h8,10,12H,5-7,13H2,1-4H3. The second-order valence-electron chi connectivity index (χ2n) is 4.30. The van der Waals surface area contributed by atoms with Crippen LogP contribution in [0, 0.1) is 6.92 Å². The SMILES string of the molecule is COC(CC(CN)N(C)Cc1scnc1C)OC. The molecule has 0 fully saturated rings. The summed E-state index contributed by atoms with van der Waals surface area (Å²) in [5.41, 5.74) is 8.81. The molecule has 0 aliphatic heterocycles. The minimum absolute atomic E-state index is 0.205. The molecule has 1 rings (SSSR count). The van der Waals surface area contributed by atoms with E-state index in [4.69, 9.17) is 15.2 Å². The third kappa shape index (κ3) is 4.29. The highest BCUT2D eigenvalue weighted by Gasteiger charge is 2.19. The highest BCUT2D eigenvalue weighted by molar-refractivity contribution is 7.09. The van der Waals surface area contributed by atoms with Gasteiger partial charge in [0.25, 0.3) is 0 Å². The van der Waals surface area contributed by atoms with Gasteiger partial charge in [0.05, 0.1) is 11.2 Å². The first-order valence-corrected chi connectivity index (χ1v) is 6.85. The lowest BCUT2D eigenvalue weighted by molar-refractivity contribution is -0.115. The van der Waals surface area contributed by atoms with Crippen LogP contribution in [0.3, 0.4) is 0 Å². The Morgan fingerprint density at radius 2 is 2.11 bits per heavy atom. The third-order valence-electron chi connectivity index (χ3n) is 3.12. The van der Waals surface area contributed by atoms with Gasteiger partial charge in [0.15, 0.2) is 6.29 Å². The van der Waals surface area contributed by atoms with Crippen molar-refractivity contribution in [3.8, 4) is 0 Å². The zero-order chi connectivity index (χ0) is 13.5. The number of ether oxygens (including phenoxy) is 2. The minimum atomic E-state index is -0.205. The number of methoxy groups -OCH3 is 2. The summed E-state index contributed by atoms with van der Waals surface area (Å²) in [5.74, 6) is 0. The Hall–Kier alpha value is -0.530. The van der Waals surface area contributed by atoms with E-state index in [1.165, 1.54) is 4.88 Å². The molecular weight excluding hydrogens is 250 g/mol. The summed E-state index contributed by atoms with van der Waals surface area (Å²) in [6, 6.07) is 0.233. The van der Waals surface area contributed by atoms with Gasteiger partial charge in [-0.3, -0.25) is 4.90 Å². The van der Waals surface area contributed by atoms with E-state index in [2.05, 4.69) is 16.9 Å². The Morgan fingerprint density at radius 1 is 1.44 bits per heavy atom. The Labute approximate surface area is 113 Å². The van der Waals surface area contributed by atoms with Gasteiger partial charge in [0.2, 0.25) is 0 Å². The lowest BCUT2D eigenvalue weighted by atomic mass is 10.1. The van der Waals surface area contributed by atoms with Crippen molar-refractivity contribution >= 4 is 11.3 Å². The molecule has 2 N–H and O–H groups in total. The molecule has 1 unspecified atom stereocenters. The van der Waals surface area contributed by atoms with E-state index in [9.17, 15) is 0 Å². The van der Waals surface area contributed by atoms with E-state index in [0.717, 1.165) is 18.7 Å². The van der Waals surface area contributed by atoms with Crippen LogP contribution < -0.4 is 5.73 Å². The highest BCUT2D eigenvalue weighted by atomic mass is 32.1. The van der Waals surface area contributed by atoms with Crippen LogP contribution in [0.15, 0.2) is 5.51 Å². The maximum atomic E-state index is 5.83. The summed E-state index contributed by atoms with van der Waals surface area (Å²) in [6.07, 6.45) is 0.557. The number of nitrogens with zero attached hydrogens (tertiary/aromatic N) is 2. The van der Waals surface area contributed by atoms with Crippen molar-refractivity contribution in [3.63, 3.8) is 0 Å². The Balaban J connectivity index is 2.56. The van der Waals surface area contributed by atoms with Gasteiger partial charge in [-0.2, -0.15) is 0 Å². The number of thiazole rings is 1. The van der Waals surface area contributed by atoms with Crippen LogP contribution in [0.2, 0.25) is 0 Å². The fourth-order valence-electron chi connectivity index (χ4n) is 1.80. The number of hydrogen-bond donors (Lipinski definition) is 1. The predicted octanol–water partition coefficient (Wildman–Crippen LogP) is 1.22. The molecule has 0 bridgehead atoms. The number of nitrogens with two attached hydrogens (primary N) is 1. The molecule has 1 atom stereocenters. The average Bonchev–Trinajstić information content (AvgIpc) is 2.76. The van der Waals surface area contributed by atoms with E-state index >= 15 is 0 Å². The molecule has 104 valence electrons. The van der Waals surface area contributed by atoms with Gasteiger partial charge in [-0.05, 0) is 14.0 Å². The molecule has 1 aromatic heterocycles. The van der Waals surface area contributed by atoms with Crippen LogP contribution in [0.4, 0.5) is 0 Å². The molecule has 1 aromatic rings. The topological polar surface area (TPSA) is 60.6 Å². The molecular formula is C12H23N3O2S. The fraction of sp³-hybridized carbons (Fsp3) is 0.750. The van der Waals surface area contributed by atoms with Crippen LogP contribution in [-0.4, -0.2) is 50.0 Å². The number of rotatable bonds is 8. The summed E-state index contributed by atoms with van der Waals surface area (Å²) in [6.45, 7) is 3.47. The zero-order valence-electron chi connectivity index (χ0n) is 11.5. The molecule has 0 aromatic carbocycles. The second-order valence-corrected chi connectivity index (χ2v) is 5.24. The maximum Gasteiger partial charge on any atom is 0.158 e. The van der Waals surface area contributed by atoms with Crippen LogP contribution in [0.25, 0.3) is 0 Å². The second kappa shape index (κ2) is 7.81. The largest absolute Gasteiger partial charge is 0.356 e. The molecule has 0 amide bonds. The lowest BCUT2D eigenvalue weighted by Gasteiger charge is -2.29. The van der Waals surface area contributed by atoms with Crippen LogP contribution in [-0.2, 0) is 16.0 Å². The summed E-state index contributed by atoms with van der Waals surface area (Å²) in [4.78, 5) is 7.77. The van der Waals surface area contributed by atoms with Gasteiger partial charge < -0.3 is 15.2 Å². The quantitative estimate of drug-likeness (QED) is 0.722. The molecule has 5 nitrogen and oxygen atoms in total. The number of likely N-dealkylation sites (N-methyl/N-ethyl adjacent to an activating group) is 1. The van der Waals surface area contributed by atoms with Gasteiger partial charge in [0, 0.05) is 44.6 Å². The maximum absolute atomic E-state index is 5.83. The van der Waals surface area contributed by atoms with Crippen molar-refractivity contribution in [1.29, 1.82) is 0 Å². The Morgan fingerprint density at radius 3 is 2.56 bits per heavy atom. The summed E-state index contributed by atoms with van der Waals surface area (Å²) >= 11 is 1.68. The summed E-state index contributed by atoms with van der Waals surface area (Å²) < 4.78 is 10.5. The van der Waals surface area contributed by atoms with Crippen LogP contribution in [0.1, 0.15) is 17.0 Å². The molecule has 0 saturated heterocycles. The van der Waals surface area contributed by atoms with E-state index in [0.29, 0.717) is 6.54 Å². The molecule has 18 heavy (non-hydrogen) atoms. The zero-order valence-corrected chi connectivity index (χ0v) is 12.4. The average molecular weight is 273 g/mol. The molecule has 0 saturated carbocycles. The number of hydrogen-bond acceptors (Lipinski definition) is 6. The number of aryl methyl sites for hydroxylation is 1. The molecule has 0 aliphatic rings. The summed E-state index contributed by atoms with van der Waals surface area (Å²) in [5, 5.41) is 0. The fourth-order valence-corrected chi connectivity index (χ4v) is 2.64. The van der Waals surface area contributed by atoms with E-state index in [-0.39, 0.29) is 12.3 Å². The minimum Gasteiger partial charge on any atom is -0.356 e. The Kier molecular flexibility index (Phi) is 6.73. The highest BCUT2D eigenvalue weighted by Crippen LogP contribution is 2.17. The first-order chi connectivity index (χ1) is 8.62. The molecule has 1 heterocycles. The first kappa shape index (κ1) is 15.5. The van der Waals surface area contributed by atoms with Gasteiger partial charge in [0.1, 0.15) is 0 Å². The molecule has 0 spiro atoms. The van der Waals surface area contributed by atoms with Crippen molar-refractivity contribution in [1.82, 2.24) is 9.88 Å². The Bertz CT molecular complexity index is 342. The van der Waals surface area contributed by atoms with Gasteiger partial charge in [-0.1, -0.05) is 0 Å². The van der Waals surface area contributed by atoms with Crippen LogP contribution >= 0.6 is 11.3 Å². The van der Waals surface area contributed by atoms with E-state index in [1.807, 2.05) is 12.4 Å². The van der Waals surface area contributed by atoms with Gasteiger partial charge in [-0.25, -0.2) is 4.98 Å². The van der Waals surface area contributed by atoms with E-state index in [1.54, 1.807) is 25.6 Å². The predicted molar refractivity (Wildman–Crippen MR) is 73.6 cm³/mol. The normalized spacial score (nSPS) is 13.5. The smallest absolute Gasteiger partial charge is 0.158 e. The monoisotopic (exact) mass is 273 g/mol. The van der Waals surface area contributed by atoms with Crippen molar-refractivity contribution in [2.45, 2.75) is 32.2 Å². The van der Waals surface area contributed by atoms with Gasteiger partial charge in [-0.15, -0.1) is 11.3 Å². The lowest BCUT2D eigenvalue weighted by Crippen LogP contribution is -2.40. The molecule has 6 heteroatoms.